The van der Waals surface area contributed by atoms with Crippen molar-refractivity contribution in [3.05, 3.63) is 59.7 Å². The van der Waals surface area contributed by atoms with Gasteiger partial charge in [0.2, 0.25) is 10.0 Å². The molecule has 2 aromatic rings. The molecule has 1 heterocycles. The molecule has 110 valence electrons. The maximum absolute atomic E-state index is 13.0. The standard InChI is InChI=1S/C13H11FN2O4S/c14-10-2-1-3-12(7-10)21(19,20)16-8-11-6-9(13(17)18)4-5-15-11/h1-7,16H,8H2,(H,17,18). The Labute approximate surface area is 120 Å². The van der Waals surface area contributed by atoms with E-state index < -0.39 is 21.8 Å². The highest BCUT2D eigenvalue weighted by atomic mass is 32.2. The first-order chi connectivity index (χ1) is 9.88. The van der Waals surface area contributed by atoms with Gasteiger partial charge in [-0.1, -0.05) is 6.07 Å². The molecule has 21 heavy (non-hydrogen) atoms. The Morgan fingerprint density at radius 1 is 1.29 bits per heavy atom. The summed E-state index contributed by atoms with van der Waals surface area (Å²) in [5, 5.41) is 8.84. The Kier molecular flexibility index (Phi) is 4.29. The molecule has 0 aliphatic heterocycles. The van der Waals surface area contributed by atoms with E-state index >= 15 is 0 Å². The van der Waals surface area contributed by atoms with Crippen molar-refractivity contribution in [1.82, 2.24) is 9.71 Å². The van der Waals surface area contributed by atoms with E-state index in [1.165, 1.54) is 30.5 Å². The minimum absolute atomic E-state index is 0.00459. The minimum Gasteiger partial charge on any atom is -0.478 e. The summed E-state index contributed by atoms with van der Waals surface area (Å²) in [5.41, 5.74) is 0.250. The van der Waals surface area contributed by atoms with Crippen LogP contribution in [0.4, 0.5) is 4.39 Å². The second-order valence-corrected chi connectivity index (χ2v) is 5.89. The van der Waals surface area contributed by atoms with Gasteiger partial charge in [-0.15, -0.1) is 0 Å². The summed E-state index contributed by atoms with van der Waals surface area (Å²) in [6, 6.07) is 7.13. The van der Waals surface area contributed by atoms with Crippen LogP contribution in [0.2, 0.25) is 0 Å². The molecule has 0 fully saturated rings. The number of carboxylic acid groups (broad SMARTS) is 1. The molecule has 1 aromatic heterocycles. The second kappa shape index (κ2) is 5.98. The fourth-order valence-electron chi connectivity index (χ4n) is 1.59. The molecule has 0 spiro atoms. The number of halogens is 1. The largest absolute Gasteiger partial charge is 0.478 e. The Bertz CT molecular complexity index is 777. The topological polar surface area (TPSA) is 96.4 Å². The lowest BCUT2D eigenvalue weighted by molar-refractivity contribution is 0.0696. The minimum atomic E-state index is -3.89. The van der Waals surface area contributed by atoms with E-state index in [9.17, 15) is 17.6 Å². The van der Waals surface area contributed by atoms with Gasteiger partial charge in [0.05, 0.1) is 22.7 Å². The summed E-state index contributed by atoms with van der Waals surface area (Å²) in [4.78, 5) is 14.5. The molecule has 6 nitrogen and oxygen atoms in total. The van der Waals surface area contributed by atoms with Crippen molar-refractivity contribution < 1.29 is 22.7 Å². The maximum atomic E-state index is 13.0. The number of aromatic carboxylic acids is 1. The van der Waals surface area contributed by atoms with Crippen LogP contribution in [-0.2, 0) is 16.6 Å². The Morgan fingerprint density at radius 3 is 2.71 bits per heavy atom. The average Bonchev–Trinajstić information content (AvgIpc) is 2.45. The number of sulfonamides is 1. The van der Waals surface area contributed by atoms with Crippen LogP contribution >= 0.6 is 0 Å². The number of rotatable bonds is 5. The molecule has 1 aromatic carbocycles. The summed E-state index contributed by atoms with van der Waals surface area (Å²) >= 11 is 0. The normalized spacial score (nSPS) is 11.3. The zero-order valence-electron chi connectivity index (χ0n) is 10.7. The lowest BCUT2D eigenvalue weighted by Crippen LogP contribution is -2.24. The molecule has 8 heteroatoms. The van der Waals surface area contributed by atoms with Gasteiger partial charge in [-0.2, -0.15) is 0 Å². The van der Waals surface area contributed by atoms with E-state index in [-0.39, 0.29) is 22.7 Å². The third-order valence-electron chi connectivity index (χ3n) is 2.61. The summed E-state index contributed by atoms with van der Waals surface area (Å²) < 4.78 is 39.2. The SMILES string of the molecule is O=C(O)c1ccnc(CNS(=O)(=O)c2cccc(F)c2)c1. The zero-order chi connectivity index (χ0) is 15.5. The van der Waals surface area contributed by atoms with Crippen LogP contribution in [0.1, 0.15) is 16.1 Å². The van der Waals surface area contributed by atoms with Gasteiger partial charge in [0.25, 0.3) is 0 Å². The van der Waals surface area contributed by atoms with E-state index in [1.54, 1.807) is 0 Å². The lowest BCUT2D eigenvalue weighted by atomic mass is 10.2. The molecule has 0 aliphatic rings. The molecule has 0 bridgehead atoms. The van der Waals surface area contributed by atoms with Crippen LogP contribution in [0.25, 0.3) is 0 Å². The molecular formula is C13H11FN2O4S. The highest BCUT2D eigenvalue weighted by molar-refractivity contribution is 7.89. The molecule has 0 aliphatic carbocycles. The van der Waals surface area contributed by atoms with Gasteiger partial charge in [0.1, 0.15) is 5.82 Å². The van der Waals surface area contributed by atoms with Crippen LogP contribution in [0.5, 0.6) is 0 Å². The number of nitrogens with one attached hydrogen (secondary N) is 1. The number of carbonyl (C=O) groups is 1. The van der Waals surface area contributed by atoms with Gasteiger partial charge < -0.3 is 5.11 Å². The van der Waals surface area contributed by atoms with E-state index in [1.807, 2.05) is 0 Å². The molecule has 0 radical (unpaired) electrons. The van der Waals surface area contributed by atoms with Crippen LogP contribution in [-0.4, -0.2) is 24.5 Å². The average molecular weight is 310 g/mol. The van der Waals surface area contributed by atoms with Gasteiger partial charge >= 0.3 is 5.97 Å². The number of hydrogen-bond donors (Lipinski definition) is 2. The highest BCUT2D eigenvalue weighted by Gasteiger charge is 2.15. The molecule has 0 saturated heterocycles. The van der Waals surface area contributed by atoms with Crippen molar-refractivity contribution in [2.45, 2.75) is 11.4 Å². The van der Waals surface area contributed by atoms with Crippen LogP contribution in [0.3, 0.4) is 0 Å². The number of benzene rings is 1. The third-order valence-corrected chi connectivity index (χ3v) is 4.01. The molecule has 0 amide bonds. The first-order valence-electron chi connectivity index (χ1n) is 5.82. The summed E-state index contributed by atoms with van der Waals surface area (Å²) in [6.07, 6.45) is 1.27. The van der Waals surface area contributed by atoms with Crippen molar-refractivity contribution in [2.75, 3.05) is 0 Å². The summed E-state index contributed by atoms with van der Waals surface area (Å²) in [6.45, 7) is -0.194. The quantitative estimate of drug-likeness (QED) is 0.870. The van der Waals surface area contributed by atoms with Crippen LogP contribution in [0, 0.1) is 5.82 Å². The second-order valence-electron chi connectivity index (χ2n) is 4.12. The van der Waals surface area contributed by atoms with E-state index in [0.29, 0.717) is 0 Å². The first kappa shape index (κ1) is 15.1. The maximum Gasteiger partial charge on any atom is 0.335 e. The fraction of sp³-hybridized carbons (Fsp3) is 0.0769. The summed E-state index contributed by atoms with van der Waals surface area (Å²) in [7, 11) is -3.89. The third kappa shape index (κ3) is 3.83. The van der Waals surface area contributed by atoms with Gasteiger partial charge in [-0.3, -0.25) is 4.98 Å². The smallest absolute Gasteiger partial charge is 0.335 e. The van der Waals surface area contributed by atoms with Gasteiger partial charge in [-0.05, 0) is 30.3 Å². The molecular weight excluding hydrogens is 299 g/mol. The molecule has 2 rings (SSSR count). The molecule has 0 unspecified atom stereocenters. The van der Waals surface area contributed by atoms with Crippen molar-refractivity contribution in [3.63, 3.8) is 0 Å². The van der Waals surface area contributed by atoms with Gasteiger partial charge in [0, 0.05) is 6.20 Å². The van der Waals surface area contributed by atoms with Gasteiger partial charge in [0.15, 0.2) is 0 Å². The predicted molar refractivity (Wildman–Crippen MR) is 71.6 cm³/mol. The number of nitrogens with zero attached hydrogens (tertiary/aromatic N) is 1. The van der Waals surface area contributed by atoms with Crippen LogP contribution < -0.4 is 4.72 Å². The molecule has 2 N–H and O–H groups in total. The van der Waals surface area contributed by atoms with Crippen LogP contribution in [0.15, 0.2) is 47.5 Å². The Balaban J connectivity index is 2.15. The molecule has 0 atom stereocenters. The monoisotopic (exact) mass is 310 g/mol. The van der Waals surface area contributed by atoms with Crippen molar-refractivity contribution in [1.29, 1.82) is 0 Å². The fourth-order valence-corrected chi connectivity index (χ4v) is 2.62. The predicted octanol–water partition coefficient (Wildman–Crippen LogP) is 1.40. The van der Waals surface area contributed by atoms with Crippen molar-refractivity contribution in [2.24, 2.45) is 0 Å². The number of carboxylic acids is 1. The lowest BCUT2D eigenvalue weighted by Gasteiger charge is -2.07. The number of aromatic nitrogens is 1. The number of hydrogen-bond acceptors (Lipinski definition) is 4. The highest BCUT2D eigenvalue weighted by Crippen LogP contribution is 2.11. The van der Waals surface area contributed by atoms with E-state index in [0.717, 1.165) is 12.1 Å². The van der Waals surface area contributed by atoms with Crippen molar-refractivity contribution in [3.8, 4) is 0 Å². The van der Waals surface area contributed by atoms with E-state index in [4.69, 9.17) is 5.11 Å². The Morgan fingerprint density at radius 2 is 2.05 bits per heavy atom. The first-order valence-corrected chi connectivity index (χ1v) is 7.30. The Hall–Kier alpha value is -2.32. The van der Waals surface area contributed by atoms with E-state index in [2.05, 4.69) is 9.71 Å². The number of pyridine rings is 1. The van der Waals surface area contributed by atoms with Crippen molar-refractivity contribution >= 4 is 16.0 Å². The zero-order valence-corrected chi connectivity index (χ0v) is 11.5. The molecule has 0 saturated carbocycles. The van der Waals surface area contributed by atoms with Gasteiger partial charge in [-0.25, -0.2) is 22.3 Å². The summed E-state index contributed by atoms with van der Waals surface area (Å²) in [5.74, 6) is -1.80.